The number of nitrogens with two attached hydrogens (primary N) is 1. The van der Waals surface area contributed by atoms with Gasteiger partial charge in [0.1, 0.15) is 17.2 Å². The zero-order valence-electron chi connectivity index (χ0n) is 21.4. The van der Waals surface area contributed by atoms with Crippen molar-refractivity contribution in [1.82, 2.24) is 29.5 Å². The minimum absolute atomic E-state index is 0.163. The first-order chi connectivity index (χ1) is 17.8. The van der Waals surface area contributed by atoms with Gasteiger partial charge in [0.15, 0.2) is 5.65 Å². The predicted molar refractivity (Wildman–Crippen MR) is 139 cm³/mol. The van der Waals surface area contributed by atoms with Crippen LogP contribution in [0.25, 0.3) is 16.7 Å². The van der Waals surface area contributed by atoms with Gasteiger partial charge < -0.3 is 15.5 Å². The maximum Gasteiger partial charge on any atom is 0.256 e. The van der Waals surface area contributed by atoms with Gasteiger partial charge in [-0.3, -0.25) is 4.79 Å². The molecule has 2 atom stereocenters. The van der Waals surface area contributed by atoms with E-state index in [-0.39, 0.29) is 23.6 Å². The van der Waals surface area contributed by atoms with E-state index in [0.29, 0.717) is 17.6 Å². The second-order valence-corrected chi connectivity index (χ2v) is 10.3. The van der Waals surface area contributed by atoms with Crippen molar-refractivity contribution in [2.75, 3.05) is 24.5 Å². The predicted octanol–water partition coefficient (Wildman–Crippen LogP) is 3.64. The highest BCUT2D eigenvalue weighted by molar-refractivity contribution is 6.05. The highest BCUT2D eigenvalue weighted by Gasteiger charge is 2.32. The molecule has 2 aliphatic rings. The number of anilines is 1. The zero-order chi connectivity index (χ0) is 25.8. The molecule has 0 bridgehead atoms. The second-order valence-electron chi connectivity index (χ2n) is 10.3. The van der Waals surface area contributed by atoms with Gasteiger partial charge in [0.05, 0.1) is 34.2 Å². The Balaban J connectivity index is 1.38. The summed E-state index contributed by atoms with van der Waals surface area (Å²) in [5.74, 6) is 0.183. The van der Waals surface area contributed by atoms with Crippen molar-refractivity contribution in [3.05, 3.63) is 58.4 Å². The van der Waals surface area contributed by atoms with Crippen molar-refractivity contribution >= 4 is 28.4 Å². The molecule has 0 radical (unpaired) electrons. The lowest BCUT2D eigenvalue weighted by atomic mass is 9.97. The molecule has 9 nitrogen and oxygen atoms in total. The lowest BCUT2D eigenvalue weighted by Gasteiger charge is -2.35. The number of fused-ring (bicyclic) bond motifs is 2. The molecule has 1 aromatic carbocycles. The summed E-state index contributed by atoms with van der Waals surface area (Å²) in [7, 11) is 0. The van der Waals surface area contributed by atoms with Crippen LogP contribution in [-0.4, -0.2) is 61.0 Å². The van der Waals surface area contributed by atoms with Gasteiger partial charge >= 0.3 is 0 Å². The van der Waals surface area contributed by atoms with Crippen LogP contribution < -0.4 is 10.6 Å². The van der Waals surface area contributed by atoms with E-state index in [4.69, 9.17) is 15.8 Å². The summed E-state index contributed by atoms with van der Waals surface area (Å²) >= 11 is 0. The Hall–Kier alpha value is -3.66. The van der Waals surface area contributed by atoms with Gasteiger partial charge in [-0.1, -0.05) is 0 Å². The highest BCUT2D eigenvalue weighted by atomic mass is 19.1. The van der Waals surface area contributed by atoms with Crippen LogP contribution in [0.1, 0.15) is 64.7 Å². The first kappa shape index (κ1) is 23.7. The highest BCUT2D eigenvalue weighted by Crippen LogP contribution is 2.34. The zero-order valence-corrected chi connectivity index (χ0v) is 21.4. The van der Waals surface area contributed by atoms with Gasteiger partial charge in [0.2, 0.25) is 0 Å². The Morgan fingerprint density at radius 2 is 1.84 bits per heavy atom. The van der Waals surface area contributed by atoms with E-state index in [0.717, 1.165) is 72.9 Å². The lowest BCUT2D eigenvalue weighted by molar-refractivity contribution is 0.0607. The fraction of sp³-hybridized carbons (Fsp3) is 0.444. The number of rotatable bonds is 3. The fourth-order valence-corrected chi connectivity index (χ4v) is 5.58. The number of carbonyl (C=O) groups is 1. The van der Waals surface area contributed by atoms with Crippen LogP contribution in [0.15, 0.2) is 24.4 Å². The molecule has 5 heterocycles. The first-order valence-electron chi connectivity index (χ1n) is 12.9. The van der Waals surface area contributed by atoms with Gasteiger partial charge in [0, 0.05) is 49.6 Å². The van der Waals surface area contributed by atoms with Crippen molar-refractivity contribution in [3.8, 4) is 0 Å². The number of halogens is 1. The Bertz CT molecular complexity index is 1530. The third kappa shape index (κ3) is 4.19. The number of hydrogen-bond acceptors (Lipinski definition) is 7. The molecule has 4 aromatic rings. The Labute approximate surface area is 214 Å². The maximum atomic E-state index is 14.6. The Morgan fingerprint density at radius 3 is 2.62 bits per heavy atom. The number of nitrogens with zero attached hydrogens (tertiary/aromatic N) is 7. The molecule has 2 aliphatic heterocycles. The van der Waals surface area contributed by atoms with Gasteiger partial charge in [-0.2, -0.15) is 5.10 Å². The van der Waals surface area contributed by atoms with E-state index in [1.807, 2.05) is 37.9 Å². The summed E-state index contributed by atoms with van der Waals surface area (Å²) < 4.78 is 16.4. The van der Waals surface area contributed by atoms with Crippen molar-refractivity contribution in [1.29, 1.82) is 0 Å². The normalized spacial score (nSPS) is 20.4. The average Bonchev–Trinajstić information content (AvgIpc) is 3.49. The van der Waals surface area contributed by atoms with Gasteiger partial charge in [-0.25, -0.2) is 23.9 Å². The van der Waals surface area contributed by atoms with E-state index >= 15 is 0 Å². The van der Waals surface area contributed by atoms with E-state index in [9.17, 15) is 9.18 Å². The van der Waals surface area contributed by atoms with Crippen molar-refractivity contribution in [2.45, 2.75) is 58.5 Å². The van der Waals surface area contributed by atoms with Crippen LogP contribution >= 0.6 is 0 Å². The standard InChI is InChI=1S/C27H31FN8O/c1-15-13-36-24(32-26(15)34-9-7-19(29)14-34)12-21(33-36)23-6-4-5-8-35(23)27(37)20-10-18(28)11-22-25(20)31-17(3)16(2)30-22/h10-13,19,23H,4-9,14,29H2,1-3H3. The third-order valence-corrected chi connectivity index (χ3v) is 7.63. The molecule has 2 unspecified atom stereocenters. The van der Waals surface area contributed by atoms with Crippen molar-refractivity contribution in [3.63, 3.8) is 0 Å². The molecule has 0 saturated carbocycles. The molecular formula is C27H31FN8O. The fourth-order valence-electron chi connectivity index (χ4n) is 5.58. The van der Waals surface area contributed by atoms with Gasteiger partial charge in [0.25, 0.3) is 5.91 Å². The molecular weight excluding hydrogens is 471 g/mol. The SMILES string of the molecule is Cc1cn2nc(C3CCCCN3C(=O)c3cc(F)cc4nc(C)c(C)nc34)cc2nc1N1CCC(N)C1. The molecule has 2 fully saturated rings. The molecule has 3 aromatic heterocycles. The molecule has 2 N–H and O–H groups in total. The van der Waals surface area contributed by atoms with Crippen molar-refractivity contribution < 1.29 is 9.18 Å². The number of amides is 1. The topological polar surface area (TPSA) is 106 Å². The quantitative estimate of drug-likeness (QED) is 0.456. The minimum atomic E-state index is -0.497. The third-order valence-electron chi connectivity index (χ3n) is 7.63. The number of aromatic nitrogens is 5. The molecule has 37 heavy (non-hydrogen) atoms. The minimum Gasteiger partial charge on any atom is -0.355 e. The van der Waals surface area contributed by atoms with E-state index in [1.165, 1.54) is 12.1 Å². The maximum absolute atomic E-state index is 14.6. The number of benzene rings is 1. The Kier molecular flexibility index (Phi) is 5.78. The van der Waals surface area contributed by atoms with Crippen LogP contribution in [-0.2, 0) is 0 Å². The van der Waals surface area contributed by atoms with Gasteiger partial charge in [-0.15, -0.1) is 0 Å². The summed E-state index contributed by atoms with van der Waals surface area (Å²) in [6.45, 7) is 7.95. The van der Waals surface area contributed by atoms with E-state index < -0.39 is 5.82 Å². The number of piperidine rings is 1. The van der Waals surface area contributed by atoms with Crippen LogP contribution in [0.4, 0.5) is 10.2 Å². The van der Waals surface area contributed by atoms with Crippen molar-refractivity contribution in [2.24, 2.45) is 5.73 Å². The molecule has 0 spiro atoms. The average molecular weight is 503 g/mol. The van der Waals surface area contributed by atoms with Crippen LogP contribution in [0.2, 0.25) is 0 Å². The Morgan fingerprint density at radius 1 is 1.03 bits per heavy atom. The summed E-state index contributed by atoms with van der Waals surface area (Å²) in [6, 6.07) is 4.51. The number of likely N-dealkylation sites (tertiary alicyclic amines) is 1. The lowest BCUT2D eigenvalue weighted by Crippen LogP contribution is -2.39. The van der Waals surface area contributed by atoms with E-state index in [2.05, 4.69) is 14.9 Å². The first-order valence-corrected chi connectivity index (χ1v) is 12.9. The monoisotopic (exact) mass is 502 g/mol. The van der Waals surface area contributed by atoms with Crippen LogP contribution in [0.5, 0.6) is 0 Å². The summed E-state index contributed by atoms with van der Waals surface area (Å²) in [6.07, 6.45) is 5.57. The molecule has 10 heteroatoms. The number of hydrogen-bond donors (Lipinski definition) is 1. The largest absolute Gasteiger partial charge is 0.355 e. The summed E-state index contributed by atoms with van der Waals surface area (Å²) in [5, 5.41) is 4.83. The molecule has 2 saturated heterocycles. The summed E-state index contributed by atoms with van der Waals surface area (Å²) in [4.78, 5) is 31.9. The van der Waals surface area contributed by atoms with Crippen LogP contribution in [0.3, 0.4) is 0 Å². The molecule has 0 aliphatic carbocycles. The smallest absolute Gasteiger partial charge is 0.256 e. The second kappa shape index (κ2) is 9.02. The van der Waals surface area contributed by atoms with Gasteiger partial charge in [-0.05, 0) is 52.5 Å². The van der Waals surface area contributed by atoms with Crippen LogP contribution in [0, 0.1) is 26.6 Å². The van der Waals surface area contributed by atoms with E-state index in [1.54, 1.807) is 4.52 Å². The summed E-state index contributed by atoms with van der Waals surface area (Å²) in [5.41, 5.74) is 11.2. The number of carbonyl (C=O) groups excluding carboxylic acids is 1. The molecule has 192 valence electrons. The molecule has 1 amide bonds. The number of aryl methyl sites for hydroxylation is 3. The molecule has 6 rings (SSSR count).